The van der Waals surface area contributed by atoms with Crippen LogP contribution in [0.5, 0.6) is 0 Å². The van der Waals surface area contributed by atoms with Gasteiger partial charge in [-0.3, -0.25) is 4.79 Å². The van der Waals surface area contributed by atoms with Gasteiger partial charge in [0.05, 0.1) is 11.7 Å². The van der Waals surface area contributed by atoms with E-state index in [1.165, 1.54) is 12.5 Å². The number of hydrogen-bond donors (Lipinski definition) is 0. The Morgan fingerprint density at radius 3 is 2.70 bits per heavy atom. The van der Waals surface area contributed by atoms with Gasteiger partial charge in [0, 0.05) is 12.5 Å². The normalized spacial score (nSPS) is 42.1. The van der Waals surface area contributed by atoms with Gasteiger partial charge in [-0.2, -0.15) is 0 Å². The zero-order valence-electron chi connectivity index (χ0n) is 17.0. The molecule has 27 heavy (non-hydrogen) atoms. The van der Waals surface area contributed by atoms with Crippen molar-refractivity contribution in [1.29, 1.82) is 0 Å². The summed E-state index contributed by atoms with van der Waals surface area (Å²) in [5.41, 5.74) is 0.845. The smallest absolute Gasteiger partial charge is 0.334 e. The van der Waals surface area contributed by atoms with Gasteiger partial charge in [-0.15, -0.1) is 0 Å². The summed E-state index contributed by atoms with van der Waals surface area (Å²) in [7, 11) is 0. The Bertz CT molecular complexity index is 666. The van der Waals surface area contributed by atoms with Gasteiger partial charge in [0.15, 0.2) is 0 Å². The molecule has 0 spiro atoms. The molecule has 3 aliphatic rings. The van der Waals surface area contributed by atoms with Gasteiger partial charge in [0.2, 0.25) is 0 Å². The Morgan fingerprint density at radius 2 is 2.00 bits per heavy atom. The number of epoxide rings is 1. The number of rotatable bonds is 1. The summed E-state index contributed by atoms with van der Waals surface area (Å²) in [6.07, 6.45) is 7.56. The molecule has 5 heteroatoms. The molecule has 2 heterocycles. The number of allylic oxidation sites excluding steroid dienone is 2. The third kappa shape index (κ3) is 4.45. The van der Waals surface area contributed by atoms with E-state index in [-0.39, 0.29) is 29.6 Å². The molecule has 0 radical (unpaired) electrons. The Labute approximate surface area is 162 Å². The highest BCUT2D eigenvalue weighted by Gasteiger charge is 2.53. The summed E-state index contributed by atoms with van der Waals surface area (Å²) >= 11 is 0. The van der Waals surface area contributed by atoms with Crippen molar-refractivity contribution in [3.63, 3.8) is 0 Å². The molecule has 2 aliphatic heterocycles. The monoisotopic (exact) mass is 376 g/mol. The predicted molar refractivity (Wildman–Crippen MR) is 102 cm³/mol. The average molecular weight is 376 g/mol. The van der Waals surface area contributed by atoms with E-state index >= 15 is 0 Å². The lowest BCUT2D eigenvalue weighted by molar-refractivity contribution is -0.180. The third-order valence-electron chi connectivity index (χ3n) is 6.53. The fraction of sp³-hybridized carbons (Fsp3) is 0.727. The highest BCUT2D eigenvalue weighted by atomic mass is 16.6. The molecule has 5 unspecified atom stereocenters. The molecule has 1 aliphatic carbocycles. The van der Waals surface area contributed by atoms with E-state index in [4.69, 9.17) is 14.2 Å². The molecule has 2 bridgehead atoms. The summed E-state index contributed by atoms with van der Waals surface area (Å²) in [5, 5.41) is 0. The second-order valence-corrected chi connectivity index (χ2v) is 8.84. The lowest BCUT2D eigenvalue weighted by Crippen LogP contribution is -2.45. The fourth-order valence-electron chi connectivity index (χ4n) is 4.44. The fourth-order valence-corrected chi connectivity index (χ4v) is 4.44. The van der Waals surface area contributed by atoms with Crippen LogP contribution < -0.4 is 0 Å². The molecular weight excluding hydrogens is 344 g/mol. The quantitative estimate of drug-likeness (QED) is 0.296. The highest BCUT2D eigenvalue weighted by molar-refractivity contribution is 5.89. The zero-order valence-corrected chi connectivity index (χ0v) is 17.0. The topological polar surface area (TPSA) is 65.1 Å². The van der Waals surface area contributed by atoms with Crippen LogP contribution >= 0.6 is 0 Å². The number of fused-ring (bicyclic) bond motifs is 4. The van der Waals surface area contributed by atoms with Gasteiger partial charge in [0.25, 0.3) is 0 Å². The number of ether oxygens (including phenoxy) is 3. The zero-order chi connectivity index (χ0) is 19.8. The molecule has 5 nitrogen and oxygen atoms in total. The maximum absolute atomic E-state index is 12.7. The van der Waals surface area contributed by atoms with Crippen molar-refractivity contribution < 1.29 is 23.8 Å². The van der Waals surface area contributed by atoms with Gasteiger partial charge in [0.1, 0.15) is 11.7 Å². The van der Waals surface area contributed by atoms with Crippen LogP contribution in [0, 0.1) is 5.92 Å². The van der Waals surface area contributed by atoms with E-state index in [0.29, 0.717) is 18.4 Å². The number of carbonyl (C=O) groups excluding carboxylic acids is 2. The van der Waals surface area contributed by atoms with Gasteiger partial charge in [-0.05, 0) is 71.6 Å². The minimum absolute atomic E-state index is 0.0457. The maximum Gasteiger partial charge on any atom is 0.334 e. The van der Waals surface area contributed by atoms with Crippen molar-refractivity contribution in [3.05, 3.63) is 23.8 Å². The largest absolute Gasteiger partial charge is 0.458 e. The number of carbonyl (C=O) groups is 2. The minimum Gasteiger partial charge on any atom is -0.458 e. The minimum atomic E-state index is -0.835. The first-order chi connectivity index (χ1) is 12.6. The molecule has 5 atom stereocenters. The Kier molecular flexibility index (Phi) is 5.53. The lowest BCUT2D eigenvalue weighted by atomic mass is 9.82. The van der Waals surface area contributed by atoms with Crippen LogP contribution in [-0.2, 0) is 23.8 Å². The summed E-state index contributed by atoms with van der Waals surface area (Å²) in [6.45, 7) is 11.6. The number of esters is 2. The first kappa shape index (κ1) is 20.1. The van der Waals surface area contributed by atoms with Crippen LogP contribution in [0.2, 0.25) is 0 Å². The van der Waals surface area contributed by atoms with Crippen molar-refractivity contribution >= 4 is 11.9 Å². The molecule has 3 rings (SSSR count). The van der Waals surface area contributed by atoms with Crippen molar-refractivity contribution in [2.75, 3.05) is 0 Å². The van der Waals surface area contributed by atoms with E-state index in [0.717, 1.165) is 32.1 Å². The Hall–Kier alpha value is -1.62. The highest BCUT2D eigenvalue weighted by Crippen LogP contribution is 2.47. The molecule has 150 valence electrons. The molecule has 0 saturated carbocycles. The predicted octanol–water partition coefficient (Wildman–Crippen LogP) is 4.25. The van der Waals surface area contributed by atoms with E-state index in [1.807, 2.05) is 6.92 Å². The molecule has 0 amide bonds. The second kappa shape index (κ2) is 7.42. The molecule has 0 N–H and O–H groups in total. The molecule has 0 aromatic rings. The van der Waals surface area contributed by atoms with Crippen LogP contribution in [-0.4, -0.2) is 35.3 Å². The first-order valence-electron chi connectivity index (χ1n) is 10.1. The number of hydrogen-bond acceptors (Lipinski definition) is 5. The van der Waals surface area contributed by atoms with Crippen LogP contribution in [0.3, 0.4) is 0 Å². The molecule has 2 saturated heterocycles. The average Bonchev–Trinajstić information content (AvgIpc) is 3.24. The standard InChI is InChI=1S/C22H32O5/c1-14-7-6-11-21(4)19(26-21)13-17-10-12-22(5,27-20(24)15(17)2)18(9-8-14)25-16(3)23/h7,17-19H,2,6,8-13H2,1,3-5H3/b14-7-. The first-order valence-corrected chi connectivity index (χ1v) is 10.1. The van der Waals surface area contributed by atoms with Crippen LogP contribution in [0.25, 0.3) is 0 Å². The van der Waals surface area contributed by atoms with E-state index < -0.39 is 11.7 Å². The van der Waals surface area contributed by atoms with Crippen LogP contribution in [0.1, 0.15) is 72.6 Å². The maximum atomic E-state index is 12.7. The van der Waals surface area contributed by atoms with Gasteiger partial charge in [-0.1, -0.05) is 18.2 Å². The van der Waals surface area contributed by atoms with Gasteiger partial charge < -0.3 is 14.2 Å². The van der Waals surface area contributed by atoms with E-state index in [1.54, 1.807) is 0 Å². The van der Waals surface area contributed by atoms with Crippen molar-refractivity contribution in [2.24, 2.45) is 5.92 Å². The van der Waals surface area contributed by atoms with Crippen LogP contribution in [0.4, 0.5) is 0 Å². The van der Waals surface area contributed by atoms with Crippen molar-refractivity contribution in [2.45, 2.75) is 96.1 Å². The molecular formula is C22H32O5. The third-order valence-corrected chi connectivity index (χ3v) is 6.53. The second-order valence-electron chi connectivity index (χ2n) is 8.84. The Balaban J connectivity index is 1.90. The summed E-state index contributed by atoms with van der Waals surface area (Å²) < 4.78 is 17.5. The van der Waals surface area contributed by atoms with Gasteiger partial charge in [-0.25, -0.2) is 4.79 Å². The molecule has 0 aromatic carbocycles. The SMILES string of the molecule is C=C1C(=O)OC2(C)CCC1CC1OC1(C)CC/C=C(/C)CCC2OC(C)=O. The van der Waals surface area contributed by atoms with Crippen molar-refractivity contribution in [1.82, 2.24) is 0 Å². The lowest BCUT2D eigenvalue weighted by Gasteiger charge is -2.35. The van der Waals surface area contributed by atoms with Crippen LogP contribution in [0.15, 0.2) is 23.8 Å². The summed E-state index contributed by atoms with van der Waals surface area (Å²) in [5.74, 6) is -0.673. The van der Waals surface area contributed by atoms with Crippen molar-refractivity contribution in [3.8, 4) is 0 Å². The summed E-state index contributed by atoms with van der Waals surface area (Å²) in [4.78, 5) is 24.4. The van der Waals surface area contributed by atoms with Gasteiger partial charge >= 0.3 is 11.9 Å². The summed E-state index contributed by atoms with van der Waals surface area (Å²) in [6, 6.07) is 0. The van der Waals surface area contributed by atoms with E-state index in [9.17, 15) is 9.59 Å². The van der Waals surface area contributed by atoms with E-state index in [2.05, 4.69) is 26.5 Å². The Morgan fingerprint density at radius 1 is 1.26 bits per heavy atom. The molecule has 0 aromatic heterocycles. The molecule has 2 fully saturated rings.